The Kier molecular flexibility index (Phi) is 14.5. The minimum absolute atomic E-state index is 0. The van der Waals surface area contributed by atoms with Crippen LogP contribution in [0.2, 0.25) is 0 Å². The van der Waals surface area contributed by atoms with E-state index in [2.05, 4.69) is 46.7 Å². The third-order valence-electron chi connectivity index (χ3n) is 3.95. The van der Waals surface area contributed by atoms with E-state index in [9.17, 15) is 0 Å². The van der Waals surface area contributed by atoms with E-state index >= 15 is 0 Å². The van der Waals surface area contributed by atoms with Crippen LogP contribution in [0.15, 0.2) is 36.4 Å². The first kappa shape index (κ1) is 34.9. The summed E-state index contributed by atoms with van der Waals surface area (Å²) in [6.07, 6.45) is 0. The molecule has 0 aromatic heterocycles. The molecular formula is C21H18O12Se3Yb. The summed E-state index contributed by atoms with van der Waals surface area (Å²) < 4.78 is -0.498. The SMILES string of the molecule is OC(=[Se])c1cc(O)c(O)c(O)c1.OC(=[Se])c1cc(O)c(O)c(O)c1.OC(=[Se])c1cc(O)c(O)c(O)c1.[Yb]. The van der Waals surface area contributed by atoms with Crippen LogP contribution in [0.5, 0.6) is 51.7 Å². The van der Waals surface area contributed by atoms with Gasteiger partial charge in [0.15, 0.2) is 0 Å². The second-order valence-corrected chi connectivity index (χ2v) is 8.94. The second-order valence-electron chi connectivity index (χ2n) is 6.50. The van der Waals surface area contributed by atoms with Gasteiger partial charge in [-0.1, -0.05) is 0 Å². The molecule has 0 radical (unpaired) electrons. The molecule has 16 heteroatoms. The number of aliphatic hydroxyl groups is 3. The number of rotatable bonds is 3. The number of phenolic OH excluding ortho intramolecular Hbond substituents is 9. The van der Waals surface area contributed by atoms with Gasteiger partial charge in [0, 0.05) is 46.9 Å². The Balaban J connectivity index is 0.000000518. The molecule has 0 atom stereocenters. The van der Waals surface area contributed by atoms with Crippen molar-refractivity contribution in [3.05, 3.63) is 53.1 Å². The van der Waals surface area contributed by atoms with Gasteiger partial charge in [0.1, 0.15) is 0 Å². The maximum absolute atomic E-state index is 8.98. The Labute approximate surface area is 270 Å². The van der Waals surface area contributed by atoms with Gasteiger partial charge < -0.3 is 0 Å². The van der Waals surface area contributed by atoms with Gasteiger partial charge in [-0.25, -0.2) is 0 Å². The van der Waals surface area contributed by atoms with Crippen LogP contribution in [0.3, 0.4) is 0 Å². The Hall–Kier alpha value is -2.05. The molecule has 0 amide bonds. The van der Waals surface area contributed by atoms with Crippen LogP contribution in [0.4, 0.5) is 0 Å². The maximum atomic E-state index is 8.98. The van der Waals surface area contributed by atoms with Gasteiger partial charge in [-0.15, -0.1) is 0 Å². The zero-order chi connectivity index (χ0) is 27.9. The maximum Gasteiger partial charge on any atom is 0 e. The monoisotopic (exact) mass is 876 g/mol. The minimum Gasteiger partial charge on any atom is 0 e. The normalized spacial score (nSPS) is 9.41. The molecule has 0 aliphatic carbocycles. The first-order chi connectivity index (χ1) is 16.6. The Bertz CT molecular complexity index is 1100. The Morgan fingerprint density at radius 2 is 0.514 bits per heavy atom. The van der Waals surface area contributed by atoms with E-state index in [1.54, 1.807) is 0 Å². The fourth-order valence-corrected chi connectivity index (χ4v) is 2.92. The van der Waals surface area contributed by atoms with Crippen molar-refractivity contribution in [2.75, 3.05) is 0 Å². The van der Waals surface area contributed by atoms with Crippen molar-refractivity contribution in [1.29, 1.82) is 0 Å². The van der Waals surface area contributed by atoms with Crippen molar-refractivity contribution in [1.82, 2.24) is 0 Å². The average Bonchev–Trinajstić information content (AvgIpc) is 2.79. The molecule has 3 aromatic rings. The Morgan fingerprint density at radius 1 is 0.378 bits per heavy atom. The van der Waals surface area contributed by atoms with Crippen LogP contribution in [0.25, 0.3) is 0 Å². The molecule has 3 rings (SSSR count). The summed E-state index contributed by atoms with van der Waals surface area (Å²) in [5, 5.41) is 107. The van der Waals surface area contributed by atoms with E-state index in [-0.39, 0.29) is 77.4 Å². The molecule has 12 nitrogen and oxygen atoms in total. The average molecular weight is 872 g/mol. The van der Waals surface area contributed by atoms with Crippen molar-refractivity contribution in [2.24, 2.45) is 0 Å². The summed E-state index contributed by atoms with van der Waals surface area (Å²) in [5.41, 5.74) is 0.633. The molecule has 12 N–H and O–H groups in total. The number of aliphatic hydroxyl groups excluding tert-OH is 3. The van der Waals surface area contributed by atoms with Crippen molar-refractivity contribution in [2.45, 2.75) is 0 Å². The van der Waals surface area contributed by atoms with Crippen LogP contribution in [-0.4, -0.2) is 122 Å². The van der Waals surface area contributed by atoms with E-state index in [4.69, 9.17) is 61.3 Å². The van der Waals surface area contributed by atoms with Crippen LogP contribution in [-0.2, 0) is 0 Å². The standard InChI is InChI=1S/3C7H6O4Se.Yb/c3*8-4-1-3(7(11)12)2-5(9)6(4)10;/h3*1-2,8-10H,(H,11,12);. The summed E-state index contributed by atoms with van der Waals surface area (Å²) in [7, 11) is 0. The molecule has 0 bridgehead atoms. The van der Waals surface area contributed by atoms with Crippen molar-refractivity contribution in [3.8, 4) is 51.7 Å². The molecular weight excluding hydrogens is 854 g/mol. The summed E-state index contributed by atoms with van der Waals surface area (Å²) in [5.74, 6) is -4.67. The van der Waals surface area contributed by atoms with Crippen molar-refractivity contribution < 1.29 is 108 Å². The first-order valence-corrected chi connectivity index (χ1v) is 11.6. The molecule has 0 aliphatic rings. The van der Waals surface area contributed by atoms with Gasteiger partial charge in [-0.3, -0.25) is 0 Å². The number of aromatic hydroxyl groups is 9. The zero-order valence-electron chi connectivity index (χ0n) is 17.8. The molecule has 3 aromatic carbocycles. The predicted octanol–water partition coefficient (Wildman–Crippen LogP) is -0.533. The number of hydrogen-bond acceptors (Lipinski definition) is 12. The van der Waals surface area contributed by atoms with Crippen LogP contribution >= 0.6 is 0 Å². The van der Waals surface area contributed by atoms with Crippen LogP contribution < -0.4 is 0 Å². The van der Waals surface area contributed by atoms with Gasteiger partial charge >= 0.3 is 227 Å². The largest absolute Gasteiger partial charge is 0 e. The fraction of sp³-hybridized carbons (Fsp3) is 0. The van der Waals surface area contributed by atoms with Crippen molar-refractivity contribution >= 4 is 60.5 Å². The minimum atomic E-state index is -0.597. The van der Waals surface area contributed by atoms with Gasteiger partial charge in [-0.05, 0) is 0 Å². The molecule has 0 aliphatic heterocycles. The third-order valence-corrected chi connectivity index (χ3v) is 5.43. The Morgan fingerprint density at radius 3 is 0.622 bits per heavy atom. The number of phenols is 9. The van der Waals surface area contributed by atoms with Crippen LogP contribution in [0, 0.1) is 46.9 Å². The summed E-state index contributed by atoms with van der Waals surface area (Å²) in [4.78, 5) is 0. The van der Waals surface area contributed by atoms with E-state index in [0.29, 0.717) is 0 Å². The molecule has 0 saturated carbocycles. The fourth-order valence-electron chi connectivity index (χ4n) is 2.18. The summed E-state index contributed by atoms with van der Waals surface area (Å²) >= 11 is 6.90. The smallest absolute Gasteiger partial charge is 0 e. The number of hydrogen-bond donors (Lipinski definition) is 12. The second kappa shape index (κ2) is 15.4. The number of benzene rings is 3. The van der Waals surface area contributed by atoms with Crippen LogP contribution in [0.1, 0.15) is 16.7 Å². The molecule has 0 fully saturated rings. The van der Waals surface area contributed by atoms with Gasteiger partial charge in [-0.2, -0.15) is 0 Å². The zero-order valence-corrected chi connectivity index (χ0v) is 24.7. The molecule has 37 heavy (non-hydrogen) atoms. The topological polar surface area (TPSA) is 243 Å². The third kappa shape index (κ3) is 10.3. The molecule has 0 spiro atoms. The molecule has 0 heterocycles. The van der Waals surface area contributed by atoms with E-state index in [0.717, 1.165) is 36.4 Å². The molecule has 0 saturated heterocycles. The summed E-state index contributed by atoms with van der Waals surface area (Å²) in [6.45, 7) is 0. The first-order valence-electron chi connectivity index (χ1n) is 9.01. The van der Waals surface area contributed by atoms with Gasteiger partial charge in [0.25, 0.3) is 0 Å². The van der Waals surface area contributed by atoms with E-state index in [1.807, 2.05) is 0 Å². The molecule has 0 unspecified atom stereocenters. The molecule has 206 valence electrons. The quantitative estimate of drug-likeness (QED) is 0.118. The van der Waals surface area contributed by atoms with Gasteiger partial charge in [0.05, 0.1) is 0 Å². The van der Waals surface area contributed by atoms with E-state index in [1.165, 1.54) is 0 Å². The predicted molar refractivity (Wildman–Crippen MR) is 130 cm³/mol. The summed E-state index contributed by atoms with van der Waals surface area (Å²) in [6, 6.07) is 6.76. The van der Waals surface area contributed by atoms with E-state index < -0.39 is 51.7 Å². The van der Waals surface area contributed by atoms with Gasteiger partial charge in [0.2, 0.25) is 0 Å². The van der Waals surface area contributed by atoms with Crippen molar-refractivity contribution in [3.63, 3.8) is 0 Å².